The average Bonchev–Trinajstić information content (AvgIpc) is 2.99. The summed E-state index contributed by atoms with van der Waals surface area (Å²) in [6.07, 6.45) is 0. The van der Waals surface area contributed by atoms with Crippen molar-refractivity contribution in [2.75, 3.05) is 0 Å². The van der Waals surface area contributed by atoms with E-state index in [9.17, 15) is 0 Å². The van der Waals surface area contributed by atoms with Crippen LogP contribution in [0, 0.1) is 0 Å². The second kappa shape index (κ2) is 8.42. The molecule has 3 aromatic carbocycles. The molecule has 4 aromatic rings. The van der Waals surface area contributed by atoms with Gasteiger partial charge in [0.15, 0.2) is 0 Å². The lowest BCUT2D eigenvalue weighted by Gasteiger charge is -2.09. The van der Waals surface area contributed by atoms with E-state index >= 15 is 0 Å². The van der Waals surface area contributed by atoms with E-state index in [4.69, 9.17) is 28.3 Å². The minimum Gasteiger partial charge on any atom is -0.258 e. The smallest absolute Gasteiger partial charge is 0.112 e. The van der Waals surface area contributed by atoms with Crippen LogP contribution in [-0.4, -0.2) is 9.78 Å². The Kier molecular flexibility index (Phi) is 5.93. The zero-order valence-electron chi connectivity index (χ0n) is 14.5. The van der Waals surface area contributed by atoms with Crippen molar-refractivity contribution in [2.24, 2.45) is 0 Å². The van der Waals surface area contributed by atoms with E-state index in [0.717, 1.165) is 37.0 Å². The van der Waals surface area contributed by atoms with Gasteiger partial charge in [0, 0.05) is 25.1 Å². The van der Waals surface area contributed by atoms with E-state index in [1.165, 1.54) is 0 Å². The molecule has 140 valence electrons. The molecule has 0 saturated heterocycles. The van der Waals surface area contributed by atoms with Gasteiger partial charge in [0.05, 0.1) is 17.3 Å². The molecular weight excluding hydrogens is 523 g/mol. The number of halogens is 4. The quantitative estimate of drug-likeness (QED) is 0.258. The summed E-state index contributed by atoms with van der Waals surface area (Å²) in [5.74, 6) is 0. The normalized spacial score (nSPS) is 11.0. The van der Waals surface area contributed by atoms with E-state index in [2.05, 4.69) is 31.9 Å². The fraction of sp³-hybridized carbons (Fsp3) is 0.0455. The van der Waals surface area contributed by atoms with Crippen LogP contribution in [0.3, 0.4) is 0 Å². The molecule has 0 spiro atoms. The molecule has 0 bridgehead atoms. The molecule has 4 rings (SSSR count). The first-order chi connectivity index (χ1) is 13.5. The van der Waals surface area contributed by atoms with E-state index in [-0.39, 0.29) is 0 Å². The van der Waals surface area contributed by atoms with Gasteiger partial charge in [0.25, 0.3) is 0 Å². The summed E-state index contributed by atoms with van der Waals surface area (Å²) in [6, 6.07) is 23.8. The third-order valence-electron chi connectivity index (χ3n) is 4.34. The van der Waals surface area contributed by atoms with E-state index in [1.807, 2.05) is 77.5 Å². The van der Waals surface area contributed by atoms with Gasteiger partial charge in [-0.15, -0.1) is 0 Å². The van der Waals surface area contributed by atoms with Crippen LogP contribution >= 0.6 is 55.1 Å². The summed E-state index contributed by atoms with van der Waals surface area (Å²) in [4.78, 5) is 0. The van der Waals surface area contributed by atoms with Crippen molar-refractivity contribution in [3.63, 3.8) is 0 Å². The van der Waals surface area contributed by atoms with Gasteiger partial charge >= 0.3 is 0 Å². The second-order valence-corrected chi connectivity index (χ2v) is 8.96. The second-order valence-electron chi connectivity index (χ2n) is 6.32. The van der Waals surface area contributed by atoms with Crippen molar-refractivity contribution in [1.82, 2.24) is 9.78 Å². The Morgan fingerprint density at radius 3 is 2.04 bits per heavy atom. The van der Waals surface area contributed by atoms with Crippen LogP contribution in [0.25, 0.3) is 22.5 Å². The molecular formula is C22H14Br2Cl2N2. The van der Waals surface area contributed by atoms with Crippen LogP contribution in [-0.2, 0) is 6.54 Å². The highest BCUT2D eigenvalue weighted by atomic mass is 79.9. The predicted molar refractivity (Wildman–Crippen MR) is 124 cm³/mol. The molecule has 0 saturated carbocycles. The maximum atomic E-state index is 6.86. The lowest BCUT2D eigenvalue weighted by Crippen LogP contribution is -2.04. The van der Waals surface area contributed by atoms with Crippen molar-refractivity contribution >= 4 is 55.1 Å². The summed E-state index contributed by atoms with van der Waals surface area (Å²) in [5.41, 5.74) is 4.70. The minimum atomic E-state index is 0.590. The summed E-state index contributed by atoms with van der Waals surface area (Å²) >= 11 is 20.0. The Hall–Kier alpha value is -1.59. The standard InChI is InChI=1S/C22H14Br2Cl2N2/c23-17-5-1-3-15(11-17)21-20(26)22(16-4-2-6-18(24)12-16)28(27-21)13-14-7-9-19(25)10-8-14/h1-12H,13H2. The van der Waals surface area contributed by atoms with Crippen molar-refractivity contribution in [2.45, 2.75) is 6.54 Å². The maximum Gasteiger partial charge on any atom is 0.112 e. The first-order valence-corrected chi connectivity index (χ1v) is 10.9. The van der Waals surface area contributed by atoms with Crippen LogP contribution in [0.4, 0.5) is 0 Å². The van der Waals surface area contributed by atoms with Crippen molar-refractivity contribution in [1.29, 1.82) is 0 Å². The van der Waals surface area contributed by atoms with Gasteiger partial charge < -0.3 is 0 Å². The molecule has 28 heavy (non-hydrogen) atoms. The number of hydrogen-bond acceptors (Lipinski definition) is 1. The van der Waals surface area contributed by atoms with E-state index in [1.54, 1.807) is 0 Å². The van der Waals surface area contributed by atoms with E-state index in [0.29, 0.717) is 16.6 Å². The number of aromatic nitrogens is 2. The van der Waals surface area contributed by atoms with Gasteiger partial charge in [0.1, 0.15) is 5.69 Å². The van der Waals surface area contributed by atoms with Crippen molar-refractivity contribution in [3.8, 4) is 22.5 Å². The van der Waals surface area contributed by atoms with Gasteiger partial charge in [-0.05, 0) is 42.0 Å². The van der Waals surface area contributed by atoms with Crippen LogP contribution in [0.5, 0.6) is 0 Å². The Labute approximate surface area is 190 Å². The third-order valence-corrected chi connectivity index (χ3v) is 5.93. The maximum absolute atomic E-state index is 6.86. The Morgan fingerprint density at radius 2 is 1.39 bits per heavy atom. The molecule has 0 aliphatic heterocycles. The fourth-order valence-corrected chi connectivity index (χ4v) is 4.33. The molecule has 0 amide bonds. The Balaban J connectivity index is 1.87. The van der Waals surface area contributed by atoms with Crippen molar-refractivity contribution < 1.29 is 0 Å². The molecule has 0 fully saturated rings. The molecule has 0 aliphatic rings. The molecule has 1 heterocycles. The lowest BCUT2D eigenvalue weighted by atomic mass is 10.1. The first kappa shape index (κ1) is 19.7. The van der Waals surface area contributed by atoms with Gasteiger partial charge in [-0.1, -0.05) is 91.5 Å². The topological polar surface area (TPSA) is 17.8 Å². The third kappa shape index (κ3) is 4.20. The summed E-state index contributed by atoms with van der Waals surface area (Å²) in [7, 11) is 0. The predicted octanol–water partition coefficient (Wildman–Crippen LogP) is 8.10. The average molecular weight is 537 g/mol. The fourth-order valence-electron chi connectivity index (χ4n) is 3.05. The van der Waals surface area contributed by atoms with E-state index < -0.39 is 0 Å². The highest BCUT2D eigenvalue weighted by Crippen LogP contribution is 2.38. The zero-order chi connectivity index (χ0) is 19.7. The lowest BCUT2D eigenvalue weighted by molar-refractivity contribution is 0.697. The van der Waals surface area contributed by atoms with Gasteiger partial charge in [-0.2, -0.15) is 5.10 Å². The number of rotatable bonds is 4. The summed E-state index contributed by atoms with van der Waals surface area (Å²) in [6.45, 7) is 0.590. The van der Waals surface area contributed by atoms with Gasteiger partial charge in [0.2, 0.25) is 0 Å². The highest BCUT2D eigenvalue weighted by molar-refractivity contribution is 9.10. The molecule has 2 nitrogen and oxygen atoms in total. The molecule has 1 aromatic heterocycles. The molecule has 0 aliphatic carbocycles. The molecule has 0 radical (unpaired) electrons. The number of nitrogens with zero attached hydrogens (tertiary/aromatic N) is 2. The zero-order valence-corrected chi connectivity index (χ0v) is 19.2. The summed E-state index contributed by atoms with van der Waals surface area (Å²) < 4.78 is 3.92. The SMILES string of the molecule is Clc1ccc(Cn2nc(-c3cccc(Br)c3)c(Cl)c2-c2cccc(Br)c2)cc1. The van der Waals surface area contributed by atoms with Crippen LogP contribution in [0.15, 0.2) is 81.7 Å². The minimum absolute atomic E-state index is 0.590. The first-order valence-electron chi connectivity index (χ1n) is 8.54. The van der Waals surface area contributed by atoms with Gasteiger partial charge in [-0.25, -0.2) is 0 Å². The van der Waals surface area contributed by atoms with Crippen LogP contribution < -0.4 is 0 Å². The number of hydrogen-bond donors (Lipinski definition) is 0. The molecule has 6 heteroatoms. The largest absolute Gasteiger partial charge is 0.258 e. The molecule has 0 atom stereocenters. The highest BCUT2D eigenvalue weighted by Gasteiger charge is 2.20. The monoisotopic (exact) mass is 534 g/mol. The van der Waals surface area contributed by atoms with Crippen LogP contribution in [0.2, 0.25) is 10.0 Å². The van der Waals surface area contributed by atoms with Gasteiger partial charge in [-0.3, -0.25) is 4.68 Å². The Bertz CT molecular complexity index is 1140. The van der Waals surface area contributed by atoms with Crippen LogP contribution in [0.1, 0.15) is 5.56 Å². The summed E-state index contributed by atoms with van der Waals surface area (Å²) in [5, 5.41) is 6.20. The molecule has 0 unspecified atom stereocenters. The molecule has 0 N–H and O–H groups in total. The van der Waals surface area contributed by atoms with Crippen molar-refractivity contribution in [3.05, 3.63) is 97.4 Å². The Morgan fingerprint density at radius 1 is 0.786 bits per heavy atom. The number of benzene rings is 3.